The van der Waals surface area contributed by atoms with Gasteiger partial charge in [0.05, 0.1) is 18.1 Å². The van der Waals surface area contributed by atoms with Gasteiger partial charge in [0.1, 0.15) is 5.75 Å². The van der Waals surface area contributed by atoms with Gasteiger partial charge in [0, 0.05) is 11.6 Å². The molecule has 0 spiro atoms. The van der Waals surface area contributed by atoms with Crippen LogP contribution >= 0.6 is 0 Å². The highest BCUT2D eigenvalue weighted by Crippen LogP contribution is 2.33. The SMILES string of the molecule is CCC(C)(CC)n1c(N)nc2ccc(OC)cc21. The van der Waals surface area contributed by atoms with Gasteiger partial charge in [-0.1, -0.05) is 13.8 Å². The number of nitrogens with two attached hydrogens (primary N) is 1. The molecule has 0 radical (unpaired) electrons. The minimum Gasteiger partial charge on any atom is -0.497 e. The third kappa shape index (κ3) is 1.82. The minimum absolute atomic E-state index is 0.00873. The van der Waals surface area contributed by atoms with Gasteiger partial charge in [-0.2, -0.15) is 0 Å². The van der Waals surface area contributed by atoms with Crippen molar-refractivity contribution in [2.24, 2.45) is 0 Å². The van der Waals surface area contributed by atoms with E-state index in [9.17, 15) is 0 Å². The Labute approximate surface area is 108 Å². The van der Waals surface area contributed by atoms with Crippen molar-refractivity contribution >= 4 is 17.0 Å². The van der Waals surface area contributed by atoms with Crippen LogP contribution in [0, 0.1) is 0 Å². The van der Waals surface area contributed by atoms with Crippen molar-refractivity contribution in [3.05, 3.63) is 18.2 Å². The number of nitrogens with zero attached hydrogens (tertiary/aromatic N) is 2. The highest BCUT2D eigenvalue weighted by molar-refractivity contribution is 5.80. The van der Waals surface area contributed by atoms with E-state index in [-0.39, 0.29) is 5.54 Å². The topological polar surface area (TPSA) is 53.1 Å². The molecular formula is C14H21N3O. The number of methoxy groups -OCH3 is 1. The molecule has 1 aromatic carbocycles. The first-order valence-corrected chi connectivity index (χ1v) is 6.38. The Balaban J connectivity index is 2.72. The van der Waals surface area contributed by atoms with E-state index >= 15 is 0 Å². The van der Waals surface area contributed by atoms with E-state index in [0.717, 1.165) is 29.6 Å². The molecule has 0 amide bonds. The molecule has 0 unspecified atom stereocenters. The van der Waals surface area contributed by atoms with Crippen LogP contribution in [0.5, 0.6) is 5.75 Å². The third-order valence-electron chi connectivity index (χ3n) is 3.95. The standard InChI is InChI=1S/C14H21N3O/c1-5-14(3,6-2)17-12-9-10(18-4)7-8-11(12)16-13(17)15/h7-9H,5-6H2,1-4H3,(H2,15,16). The van der Waals surface area contributed by atoms with Crippen molar-refractivity contribution in [2.75, 3.05) is 12.8 Å². The van der Waals surface area contributed by atoms with Gasteiger partial charge in [-0.05, 0) is 31.9 Å². The fourth-order valence-corrected chi connectivity index (χ4v) is 2.33. The summed E-state index contributed by atoms with van der Waals surface area (Å²) in [5.74, 6) is 1.41. The van der Waals surface area contributed by atoms with Gasteiger partial charge in [-0.15, -0.1) is 0 Å². The molecule has 0 aliphatic heterocycles. The Morgan fingerprint density at radius 3 is 2.56 bits per heavy atom. The molecule has 0 saturated heterocycles. The third-order valence-corrected chi connectivity index (χ3v) is 3.95. The summed E-state index contributed by atoms with van der Waals surface area (Å²) in [4.78, 5) is 4.44. The Morgan fingerprint density at radius 1 is 1.33 bits per heavy atom. The van der Waals surface area contributed by atoms with Gasteiger partial charge in [-0.25, -0.2) is 4.98 Å². The Kier molecular flexibility index (Phi) is 3.20. The van der Waals surface area contributed by atoms with E-state index in [2.05, 4.69) is 30.3 Å². The van der Waals surface area contributed by atoms with Crippen LogP contribution in [0.1, 0.15) is 33.6 Å². The van der Waals surface area contributed by atoms with Gasteiger partial charge in [0.15, 0.2) is 0 Å². The largest absolute Gasteiger partial charge is 0.497 e. The number of imidazole rings is 1. The number of nitrogen functional groups attached to an aromatic ring is 1. The van der Waals surface area contributed by atoms with E-state index in [1.807, 2.05) is 18.2 Å². The summed E-state index contributed by atoms with van der Waals surface area (Å²) in [6.07, 6.45) is 2.02. The number of hydrogen-bond acceptors (Lipinski definition) is 3. The van der Waals surface area contributed by atoms with E-state index in [1.165, 1.54) is 0 Å². The Bertz CT molecular complexity index is 555. The second kappa shape index (κ2) is 4.52. The number of hydrogen-bond donors (Lipinski definition) is 1. The highest BCUT2D eigenvalue weighted by atomic mass is 16.5. The lowest BCUT2D eigenvalue weighted by Gasteiger charge is -2.30. The molecular weight excluding hydrogens is 226 g/mol. The lowest BCUT2D eigenvalue weighted by molar-refractivity contribution is 0.307. The van der Waals surface area contributed by atoms with Crippen molar-refractivity contribution in [3.8, 4) is 5.75 Å². The van der Waals surface area contributed by atoms with Gasteiger partial charge >= 0.3 is 0 Å². The fraction of sp³-hybridized carbons (Fsp3) is 0.500. The van der Waals surface area contributed by atoms with Crippen LogP contribution in [0.25, 0.3) is 11.0 Å². The monoisotopic (exact) mass is 247 g/mol. The van der Waals surface area contributed by atoms with Crippen LogP contribution < -0.4 is 10.5 Å². The normalized spacial score (nSPS) is 12.0. The molecule has 0 aliphatic carbocycles. The van der Waals surface area contributed by atoms with Gasteiger partial charge in [0.25, 0.3) is 0 Å². The second-order valence-corrected chi connectivity index (χ2v) is 4.86. The first-order chi connectivity index (χ1) is 8.55. The highest BCUT2D eigenvalue weighted by Gasteiger charge is 2.26. The van der Waals surface area contributed by atoms with E-state index in [1.54, 1.807) is 7.11 Å². The zero-order chi connectivity index (χ0) is 13.3. The van der Waals surface area contributed by atoms with Crippen LogP contribution in [-0.4, -0.2) is 16.7 Å². The van der Waals surface area contributed by atoms with Crippen molar-refractivity contribution < 1.29 is 4.74 Å². The van der Waals surface area contributed by atoms with E-state index in [0.29, 0.717) is 5.95 Å². The summed E-state index contributed by atoms with van der Waals surface area (Å²) in [6, 6.07) is 5.86. The average Bonchev–Trinajstić information content (AvgIpc) is 2.73. The summed E-state index contributed by atoms with van der Waals surface area (Å²) in [5.41, 5.74) is 8.04. The smallest absolute Gasteiger partial charge is 0.201 e. The molecule has 18 heavy (non-hydrogen) atoms. The molecule has 2 rings (SSSR count). The number of aromatic nitrogens is 2. The summed E-state index contributed by atoms with van der Waals surface area (Å²) < 4.78 is 7.41. The zero-order valence-electron chi connectivity index (χ0n) is 11.5. The minimum atomic E-state index is -0.00873. The molecule has 0 fully saturated rings. The van der Waals surface area contributed by atoms with Gasteiger partial charge < -0.3 is 15.0 Å². The fourth-order valence-electron chi connectivity index (χ4n) is 2.33. The molecule has 0 atom stereocenters. The van der Waals surface area contributed by atoms with Crippen LogP contribution in [-0.2, 0) is 5.54 Å². The predicted octanol–water partition coefficient (Wildman–Crippen LogP) is 3.16. The number of benzene rings is 1. The maximum atomic E-state index is 6.09. The first kappa shape index (κ1) is 12.7. The van der Waals surface area contributed by atoms with Crippen LogP contribution in [0.15, 0.2) is 18.2 Å². The molecule has 0 aliphatic rings. The molecule has 2 N–H and O–H groups in total. The van der Waals surface area contributed by atoms with Crippen LogP contribution in [0.3, 0.4) is 0 Å². The molecule has 4 nitrogen and oxygen atoms in total. The van der Waals surface area contributed by atoms with Crippen molar-refractivity contribution in [1.29, 1.82) is 0 Å². The lowest BCUT2D eigenvalue weighted by Crippen LogP contribution is -2.29. The number of fused-ring (bicyclic) bond motifs is 1. The zero-order valence-corrected chi connectivity index (χ0v) is 11.5. The van der Waals surface area contributed by atoms with Crippen LogP contribution in [0.2, 0.25) is 0 Å². The Hall–Kier alpha value is -1.71. The number of rotatable bonds is 4. The van der Waals surface area contributed by atoms with E-state index in [4.69, 9.17) is 10.5 Å². The van der Waals surface area contributed by atoms with Crippen molar-refractivity contribution in [3.63, 3.8) is 0 Å². The summed E-state index contributed by atoms with van der Waals surface area (Å²) in [6.45, 7) is 6.56. The average molecular weight is 247 g/mol. The van der Waals surface area contributed by atoms with Gasteiger partial charge in [-0.3, -0.25) is 0 Å². The van der Waals surface area contributed by atoms with Crippen molar-refractivity contribution in [1.82, 2.24) is 9.55 Å². The molecule has 4 heteroatoms. The summed E-state index contributed by atoms with van der Waals surface area (Å²) >= 11 is 0. The van der Waals surface area contributed by atoms with Crippen molar-refractivity contribution in [2.45, 2.75) is 39.2 Å². The summed E-state index contributed by atoms with van der Waals surface area (Å²) in [7, 11) is 1.67. The van der Waals surface area contributed by atoms with E-state index < -0.39 is 0 Å². The Morgan fingerprint density at radius 2 is 2.00 bits per heavy atom. The molecule has 1 heterocycles. The number of anilines is 1. The van der Waals surface area contributed by atoms with Crippen LogP contribution in [0.4, 0.5) is 5.95 Å². The molecule has 1 aromatic heterocycles. The quantitative estimate of drug-likeness (QED) is 0.902. The summed E-state index contributed by atoms with van der Waals surface area (Å²) in [5, 5.41) is 0. The predicted molar refractivity (Wildman–Crippen MR) is 74.9 cm³/mol. The molecule has 2 aromatic rings. The van der Waals surface area contributed by atoms with Gasteiger partial charge in [0.2, 0.25) is 5.95 Å². The maximum Gasteiger partial charge on any atom is 0.201 e. The number of ether oxygens (including phenoxy) is 1. The molecule has 0 saturated carbocycles. The second-order valence-electron chi connectivity index (χ2n) is 4.86. The molecule has 0 bridgehead atoms. The molecule has 98 valence electrons. The first-order valence-electron chi connectivity index (χ1n) is 6.38. The lowest BCUT2D eigenvalue weighted by atomic mass is 9.95. The maximum absolute atomic E-state index is 6.09.